The molecule has 0 radical (unpaired) electrons. The van der Waals surface area contributed by atoms with E-state index in [1.807, 2.05) is 42.2 Å². The normalized spacial score (nSPS) is 12.6. The number of fused-ring (bicyclic) bond motifs is 1. The fourth-order valence-electron chi connectivity index (χ4n) is 2.49. The number of rotatable bonds is 6. The van der Waals surface area contributed by atoms with Crippen LogP contribution in [0.3, 0.4) is 0 Å². The van der Waals surface area contributed by atoms with Crippen molar-refractivity contribution in [3.8, 4) is 11.5 Å². The third-order valence-corrected chi connectivity index (χ3v) is 3.74. The quantitative estimate of drug-likeness (QED) is 0.302. The molecule has 0 bridgehead atoms. The number of ether oxygens (including phenoxy) is 2. The van der Waals surface area contributed by atoms with Gasteiger partial charge in [-0.15, -0.1) is 24.0 Å². The van der Waals surface area contributed by atoms with E-state index in [-0.39, 0.29) is 24.0 Å². The van der Waals surface area contributed by atoms with Crippen LogP contribution >= 0.6 is 24.0 Å². The van der Waals surface area contributed by atoms with Gasteiger partial charge >= 0.3 is 0 Å². The summed E-state index contributed by atoms with van der Waals surface area (Å²) in [5.41, 5.74) is 2.30. The lowest BCUT2D eigenvalue weighted by atomic mass is 10.2. The Morgan fingerprint density at radius 3 is 2.88 bits per heavy atom. The van der Waals surface area contributed by atoms with Crippen LogP contribution in [0.5, 0.6) is 11.5 Å². The Labute approximate surface area is 164 Å². The predicted molar refractivity (Wildman–Crippen MR) is 108 cm³/mol. The van der Waals surface area contributed by atoms with Gasteiger partial charge in [-0.25, -0.2) is 0 Å². The lowest BCUT2D eigenvalue weighted by Crippen LogP contribution is -2.37. The SMILES string of the molecule is CN=C(NCCCn1cc(C)cn1)NCc1ccc2c(c1)OCO2.I. The summed E-state index contributed by atoms with van der Waals surface area (Å²) in [5, 5.41) is 10.9. The molecule has 3 rings (SSSR count). The maximum atomic E-state index is 5.39. The van der Waals surface area contributed by atoms with Crippen molar-refractivity contribution >= 4 is 29.9 Å². The third kappa shape index (κ3) is 5.52. The maximum Gasteiger partial charge on any atom is 0.231 e. The lowest BCUT2D eigenvalue weighted by molar-refractivity contribution is 0.174. The molecule has 0 atom stereocenters. The van der Waals surface area contributed by atoms with Crippen molar-refractivity contribution in [2.75, 3.05) is 20.4 Å². The molecule has 25 heavy (non-hydrogen) atoms. The van der Waals surface area contributed by atoms with Gasteiger partial charge in [0.25, 0.3) is 0 Å². The van der Waals surface area contributed by atoms with E-state index in [0.717, 1.165) is 42.5 Å². The van der Waals surface area contributed by atoms with Crippen molar-refractivity contribution in [3.05, 3.63) is 41.7 Å². The number of hydrogen-bond donors (Lipinski definition) is 2. The highest BCUT2D eigenvalue weighted by molar-refractivity contribution is 14.0. The van der Waals surface area contributed by atoms with E-state index in [0.29, 0.717) is 13.3 Å². The average Bonchev–Trinajstić information content (AvgIpc) is 3.22. The molecule has 0 amide bonds. The molecule has 8 heteroatoms. The Morgan fingerprint density at radius 2 is 2.12 bits per heavy atom. The number of nitrogens with one attached hydrogen (secondary N) is 2. The van der Waals surface area contributed by atoms with Crippen LogP contribution in [0.25, 0.3) is 0 Å². The lowest BCUT2D eigenvalue weighted by Gasteiger charge is -2.12. The smallest absolute Gasteiger partial charge is 0.231 e. The number of benzene rings is 1. The highest BCUT2D eigenvalue weighted by Gasteiger charge is 2.13. The molecular formula is C17H24IN5O2. The van der Waals surface area contributed by atoms with E-state index >= 15 is 0 Å². The molecule has 0 spiro atoms. The van der Waals surface area contributed by atoms with Crippen LogP contribution in [0.2, 0.25) is 0 Å². The minimum Gasteiger partial charge on any atom is -0.454 e. The molecule has 0 saturated carbocycles. The van der Waals surface area contributed by atoms with Crippen LogP contribution in [0, 0.1) is 6.92 Å². The summed E-state index contributed by atoms with van der Waals surface area (Å²) in [5.74, 6) is 2.38. The van der Waals surface area contributed by atoms with Gasteiger partial charge in [-0.1, -0.05) is 6.07 Å². The van der Waals surface area contributed by atoms with Crippen LogP contribution in [-0.4, -0.2) is 36.1 Å². The van der Waals surface area contributed by atoms with Gasteiger partial charge in [-0.2, -0.15) is 5.10 Å². The van der Waals surface area contributed by atoms with E-state index in [1.54, 1.807) is 7.05 Å². The van der Waals surface area contributed by atoms with Gasteiger partial charge in [0.15, 0.2) is 17.5 Å². The van der Waals surface area contributed by atoms with Crippen LogP contribution < -0.4 is 20.1 Å². The number of hydrogen-bond acceptors (Lipinski definition) is 4. The summed E-state index contributed by atoms with van der Waals surface area (Å²) < 4.78 is 12.7. The highest BCUT2D eigenvalue weighted by Crippen LogP contribution is 2.32. The Kier molecular flexibility index (Phi) is 7.35. The Bertz CT molecular complexity index is 717. The van der Waals surface area contributed by atoms with E-state index in [9.17, 15) is 0 Å². The average molecular weight is 457 g/mol. The molecule has 0 saturated heterocycles. The van der Waals surface area contributed by atoms with Gasteiger partial charge in [-0.05, 0) is 36.6 Å². The van der Waals surface area contributed by atoms with Crippen LogP contribution in [0.15, 0.2) is 35.6 Å². The van der Waals surface area contributed by atoms with Crippen LogP contribution in [0.4, 0.5) is 0 Å². The summed E-state index contributed by atoms with van der Waals surface area (Å²) >= 11 is 0. The van der Waals surface area contributed by atoms with Crippen molar-refractivity contribution in [2.24, 2.45) is 4.99 Å². The Morgan fingerprint density at radius 1 is 1.28 bits per heavy atom. The molecule has 136 valence electrons. The largest absolute Gasteiger partial charge is 0.454 e. The van der Waals surface area contributed by atoms with E-state index in [2.05, 4.69) is 20.7 Å². The maximum absolute atomic E-state index is 5.39. The fraction of sp³-hybridized carbons (Fsp3) is 0.412. The molecule has 2 aromatic rings. The minimum atomic E-state index is 0. The molecule has 1 aromatic carbocycles. The topological polar surface area (TPSA) is 72.7 Å². The standard InChI is InChI=1S/C17H23N5O2.HI/c1-13-9-21-22(11-13)7-3-6-19-17(18-2)20-10-14-4-5-15-16(8-14)24-12-23-15;/h4-5,8-9,11H,3,6-7,10,12H2,1-2H3,(H2,18,19,20);1H. The van der Waals surface area contributed by atoms with Crippen LogP contribution in [0.1, 0.15) is 17.5 Å². The summed E-state index contributed by atoms with van der Waals surface area (Å²) in [6, 6.07) is 5.94. The molecule has 0 unspecified atom stereocenters. The molecule has 0 aliphatic carbocycles. The number of aromatic nitrogens is 2. The summed E-state index contributed by atoms with van der Waals surface area (Å²) in [6.07, 6.45) is 4.90. The second-order valence-electron chi connectivity index (χ2n) is 5.67. The number of aryl methyl sites for hydroxylation is 2. The zero-order valence-electron chi connectivity index (χ0n) is 14.5. The number of halogens is 1. The van der Waals surface area contributed by atoms with Crippen LogP contribution in [-0.2, 0) is 13.1 Å². The van der Waals surface area contributed by atoms with Gasteiger partial charge in [0.1, 0.15) is 0 Å². The molecule has 2 N–H and O–H groups in total. The third-order valence-electron chi connectivity index (χ3n) is 3.74. The molecule has 7 nitrogen and oxygen atoms in total. The molecule has 1 aliphatic rings. The fourth-order valence-corrected chi connectivity index (χ4v) is 2.49. The summed E-state index contributed by atoms with van der Waals surface area (Å²) in [6.45, 7) is 4.74. The van der Waals surface area contributed by atoms with Crippen molar-refractivity contribution in [2.45, 2.75) is 26.4 Å². The zero-order valence-corrected chi connectivity index (χ0v) is 16.8. The number of nitrogens with zero attached hydrogens (tertiary/aromatic N) is 3. The van der Waals surface area contributed by atoms with Crippen molar-refractivity contribution in [1.82, 2.24) is 20.4 Å². The first-order valence-corrected chi connectivity index (χ1v) is 8.07. The zero-order chi connectivity index (χ0) is 16.8. The van der Waals surface area contributed by atoms with Crippen molar-refractivity contribution in [3.63, 3.8) is 0 Å². The number of aliphatic imine (C=N–C) groups is 1. The molecular weight excluding hydrogens is 433 g/mol. The van der Waals surface area contributed by atoms with Crippen molar-refractivity contribution < 1.29 is 9.47 Å². The molecule has 0 fully saturated rings. The number of guanidine groups is 1. The van der Waals surface area contributed by atoms with Gasteiger partial charge in [0, 0.05) is 32.9 Å². The first kappa shape index (κ1) is 19.4. The Hall–Kier alpha value is -1.97. The van der Waals surface area contributed by atoms with E-state index in [4.69, 9.17) is 9.47 Å². The van der Waals surface area contributed by atoms with Gasteiger partial charge in [0.2, 0.25) is 6.79 Å². The predicted octanol–water partition coefficient (Wildman–Crippen LogP) is 2.29. The second-order valence-corrected chi connectivity index (χ2v) is 5.67. The molecule has 1 aliphatic heterocycles. The first-order chi connectivity index (χ1) is 11.7. The summed E-state index contributed by atoms with van der Waals surface area (Å²) in [7, 11) is 1.77. The monoisotopic (exact) mass is 457 g/mol. The van der Waals surface area contributed by atoms with Gasteiger partial charge < -0.3 is 20.1 Å². The Balaban J connectivity index is 0.00000225. The summed E-state index contributed by atoms with van der Waals surface area (Å²) in [4.78, 5) is 4.24. The van der Waals surface area contributed by atoms with E-state index in [1.165, 1.54) is 5.56 Å². The van der Waals surface area contributed by atoms with Gasteiger partial charge in [-0.3, -0.25) is 9.67 Å². The minimum absolute atomic E-state index is 0. The second kappa shape index (κ2) is 9.50. The van der Waals surface area contributed by atoms with Crippen molar-refractivity contribution in [1.29, 1.82) is 0 Å². The molecule has 1 aromatic heterocycles. The molecule has 2 heterocycles. The highest BCUT2D eigenvalue weighted by atomic mass is 127. The first-order valence-electron chi connectivity index (χ1n) is 8.07. The van der Waals surface area contributed by atoms with Gasteiger partial charge in [0.05, 0.1) is 6.20 Å². The van der Waals surface area contributed by atoms with E-state index < -0.39 is 0 Å².